The Hall–Kier alpha value is -0.140. The Morgan fingerprint density at radius 3 is 2.67 bits per heavy atom. The third-order valence-corrected chi connectivity index (χ3v) is 2.20. The Morgan fingerprint density at radius 1 is 1.78 bits per heavy atom. The first-order chi connectivity index (χ1) is 4.22. The van der Waals surface area contributed by atoms with Gasteiger partial charge in [-0.2, -0.15) is 0 Å². The average Bonchev–Trinajstić information content (AvgIpc) is 2.13. The predicted molar refractivity (Wildman–Crippen MR) is 37.1 cm³/mol. The molecule has 1 aliphatic heterocycles. The van der Waals surface area contributed by atoms with Gasteiger partial charge in [0.2, 0.25) is 0 Å². The van der Waals surface area contributed by atoms with E-state index in [1.165, 1.54) is 0 Å². The molecule has 2 atom stereocenters. The van der Waals surface area contributed by atoms with Crippen LogP contribution >= 0.6 is 9.39 Å². The molecule has 2 unspecified atom stereocenters. The zero-order chi connectivity index (χ0) is 6.85. The first-order valence-electron chi connectivity index (χ1n) is 2.96. The van der Waals surface area contributed by atoms with Gasteiger partial charge in [0.25, 0.3) is 0 Å². The van der Waals surface area contributed by atoms with Crippen LogP contribution in [0.15, 0.2) is 0 Å². The van der Waals surface area contributed by atoms with E-state index >= 15 is 0 Å². The highest BCUT2D eigenvalue weighted by Gasteiger charge is 2.26. The van der Waals surface area contributed by atoms with Gasteiger partial charge in [0.05, 0.1) is 0 Å². The van der Waals surface area contributed by atoms with Gasteiger partial charge in [-0.05, 0) is 12.8 Å². The summed E-state index contributed by atoms with van der Waals surface area (Å²) in [5.74, 6) is -0.706. The maximum atomic E-state index is 10.4. The van der Waals surface area contributed by atoms with Gasteiger partial charge < -0.3 is 5.11 Å². The zero-order valence-corrected chi connectivity index (χ0v) is 6.23. The molecular formula is C5H10NO2P. The van der Waals surface area contributed by atoms with Crippen molar-refractivity contribution in [1.29, 1.82) is 0 Å². The normalized spacial score (nSPS) is 28.8. The molecule has 0 bridgehead atoms. The molecule has 0 saturated carbocycles. The maximum absolute atomic E-state index is 10.4. The van der Waals surface area contributed by atoms with E-state index < -0.39 is 5.97 Å². The molecular weight excluding hydrogens is 137 g/mol. The number of hydrogen-bond donors (Lipinski definition) is 1. The molecule has 0 radical (unpaired) electrons. The standard InChI is InChI=1S/C5H10NO2P/c7-5(8)4-2-1-3-6(4)9/h4H,1-3,9H2,(H,7,8). The van der Waals surface area contributed by atoms with Gasteiger partial charge in [-0.1, -0.05) is 9.39 Å². The van der Waals surface area contributed by atoms with Gasteiger partial charge in [0.15, 0.2) is 0 Å². The lowest BCUT2D eigenvalue weighted by Crippen LogP contribution is -2.28. The van der Waals surface area contributed by atoms with Crippen LogP contribution in [0.3, 0.4) is 0 Å². The lowest BCUT2D eigenvalue weighted by Gasteiger charge is -2.12. The summed E-state index contributed by atoms with van der Waals surface area (Å²) in [7, 11) is 2.43. The van der Waals surface area contributed by atoms with E-state index in [-0.39, 0.29) is 6.04 Å². The highest BCUT2D eigenvalue weighted by molar-refractivity contribution is 7.13. The van der Waals surface area contributed by atoms with Crippen LogP contribution in [-0.2, 0) is 4.79 Å². The first-order valence-corrected chi connectivity index (χ1v) is 3.47. The molecule has 1 heterocycles. The second-order valence-corrected chi connectivity index (χ2v) is 2.90. The summed E-state index contributed by atoms with van der Waals surface area (Å²) >= 11 is 0. The molecule has 52 valence electrons. The van der Waals surface area contributed by atoms with Crippen molar-refractivity contribution in [3.63, 3.8) is 0 Å². The van der Waals surface area contributed by atoms with Crippen molar-refractivity contribution in [2.75, 3.05) is 6.54 Å². The number of carboxylic acids is 1. The van der Waals surface area contributed by atoms with Crippen molar-refractivity contribution in [2.45, 2.75) is 18.9 Å². The van der Waals surface area contributed by atoms with E-state index in [1.54, 1.807) is 4.67 Å². The largest absolute Gasteiger partial charge is 0.480 e. The number of nitrogens with zero attached hydrogens (tertiary/aromatic N) is 1. The SMILES string of the molecule is O=C(O)C1CCCN1P. The number of carboxylic acid groups (broad SMARTS) is 1. The van der Waals surface area contributed by atoms with Gasteiger partial charge in [-0.25, -0.2) is 0 Å². The fourth-order valence-corrected chi connectivity index (χ4v) is 1.51. The molecule has 0 amide bonds. The molecule has 4 heteroatoms. The number of rotatable bonds is 1. The van der Waals surface area contributed by atoms with Crippen LogP contribution in [0, 0.1) is 0 Å². The second-order valence-electron chi connectivity index (χ2n) is 2.23. The highest BCUT2D eigenvalue weighted by atomic mass is 31.0. The van der Waals surface area contributed by atoms with Gasteiger partial charge in [0.1, 0.15) is 6.04 Å². The predicted octanol–water partition coefficient (Wildman–Crippen LogP) is 0.325. The third-order valence-electron chi connectivity index (χ3n) is 1.58. The molecule has 3 nitrogen and oxygen atoms in total. The fourth-order valence-electron chi connectivity index (χ4n) is 1.05. The van der Waals surface area contributed by atoms with Crippen LogP contribution < -0.4 is 0 Å². The summed E-state index contributed by atoms with van der Waals surface area (Å²) in [4.78, 5) is 10.4. The zero-order valence-electron chi connectivity index (χ0n) is 5.08. The first kappa shape index (κ1) is 6.97. The van der Waals surface area contributed by atoms with E-state index in [0.717, 1.165) is 19.4 Å². The summed E-state index contributed by atoms with van der Waals surface area (Å²) in [5, 5.41) is 8.53. The summed E-state index contributed by atoms with van der Waals surface area (Å²) in [6.07, 6.45) is 1.79. The molecule has 1 saturated heterocycles. The molecule has 1 rings (SSSR count). The number of aliphatic carboxylic acids is 1. The van der Waals surface area contributed by atoms with Crippen LogP contribution in [0.1, 0.15) is 12.8 Å². The van der Waals surface area contributed by atoms with Crippen molar-refractivity contribution in [1.82, 2.24) is 4.67 Å². The molecule has 0 aliphatic carbocycles. The minimum Gasteiger partial charge on any atom is -0.480 e. The quantitative estimate of drug-likeness (QED) is 0.543. The highest BCUT2D eigenvalue weighted by Crippen LogP contribution is 2.20. The van der Waals surface area contributed by atoms with Gasteiger partial charge >= 0.3 is 5.97 Å². The Kier molecular flexibility index (Phi) is 2.04. The van der Waals surface area contributed by atoms with Gasteiger partial charge in [0, 0.05) is 6.54 Å². The van der Waals surface area contributed by atoms with E-state index in [4.69, 9.17) is 5.11 Å². The van der Waals surface area contributed by atoms with E-state index in [9.17, 15) is 4.79 Å². The average molecular weight is 147 g/mol. The monoisotopic (exact) mass is 147 g/mol. The molecule has 0 aromatic carbocycles. The fraction of sp³-hybridized carbons (Fsp3) is 0.800. The van der Waals surface area contributed by atoms with Crippen molar-refractivity contribution >= 4 is 15.4 Å². The summed E-state index contributed by atoms with van der Waals surface area (Å²) in [6.45, 7) is 0.891. The lowest BCUT2D eigenvalue weighted by atomic mass is 10.2. The van der Waals surface area contributed by atoms with E-state index in [1.807, 2.05) is 0 Å². The Bertz CT molecular complexity index is 128. The minimum absolute atomic E-state index is 0.255. The van der Waals surface area contributed by atoms with Crippen LogP contribution in [0.25, 0.3) is 0 Å². The maximum Gasteiger partial charge on any atom is 0.321 e. The molecule has 1 N–H and O–H groups in total. The van der Waals surface area contributed by atoms with Crippen molar-refractivity contribution in [3.05, 3.63) is 0 Å². The number of hydrogen-bond acceptors (Lipinski definition) is 2. The van der Waals surface area contributed by atoms with Crippen molar-refractivity contribution in [2.24, 2.45) is 0 Å². The van der Waals surface area contributed by atoms with Crippen LogP contribution in [0.2, 0.25) is 0 Å². The van der Waals surface area contributed by atoms with Gasteiger partial charge in [-0.15, -0.1) is 0 Å². The molecule has 1 fully saturated rings. The van der Waals surface area contributed by atoms with Gasteiger partial charge in [-0.3, -0.25) is 9.46 Å². The Morgan fingerprint density at radius 2 is 2.44 bits per heavy atom. The third kappa shape index (κ3) is 1.41. The summed E-state index contributed by atoms with van der Waals surface area (Å²) in [6, 6.07) is -0.255. The molecule has 9 heavy (non-hydrogen) atoms. The summed E-state index contributed by atoms with van der Waals surface area (Å²) < 4.78 is 1.79. The minimum atomic E-state index is -0.706. The number of carbonyl (C=O) groups is 1. The van der Waals surface area contributed by atoms with Crippen molar-refractivity contribution in [3.8, 4) is 0 Å². The van der Waals surface area contributed by atoms with Crippen LogP contribution in [-0.4, -0.2) is 28.3 Å². The molecule has 0 aromatic heterocycles. The molecule has 0 spiro atoms. The molecule has 1 aliphatic rings. The van der Waals surface area contributed by atoms with Crippen LogP contribution in [0.4, 0.5) is 0 Å². The van der Waals surface area contributed by atoms with Crippen molar-refractivity contribution < 1.29 is 9.90 Å². The Balaban J connectivity index is 2.49. The topological polar surface area (TPSA) is 40.5 Å². The van der Waals surface area contributed by atoms with E-state index in [0.29, 0.717) is 0 Å². The molecule has 0 aromatic rings. The second kappa shape index (κ2) is 2.63. The lowest BCUT2D eigenvalue weighted by molar-refractivity contribution is -0.140. The smallest absolute Gasteiger partial charge is 0.321 e. The van der Waals surface area contributed by atoms with E-state index in [2.05, 4.69) is 9.39 Å². The van der Waals surface area contributed by atoms with Crippen LogP contribution in [0.5, 0.6) is 0 Å². The Labute approximate surface area is 56.3 Å². The summed E-state index contributed by atoms with van der Waals surface area (Å²) in [5.41, 5.74) is 0.